The molecule has 4 heteroatoms. The fraction of sp³-hybridized carbons (Fsp3) is 0.455. The first-order valence-corrected chi connectivity index (χ1v) is 5.25. The number of fused-ring (bicyclic) bond motifs is 1. The van der Waals surface area contributed by atoms with Crippen molar-refractivity contribution in [2.45, 2.75) is 33.2 Å². The smallest absolute Gasteiger partial charge is 0.109 e. The van der Waals surface area contributed by atoms with Crippen LogP contribution in [0.3, 0.4) is 0 Å². The number of nitrogen functional groups attached to an aromatic ring is 1. The summed E-state index contributed by atoms with van der Waals surface area (Å²) in [5, 5.41) is 0. The minimum absolute atomic E-state index is 0.370. The first-order chi connectivity index (χ1) is 7.15. The second-order valence-electron chi connectivity index (χ2n) is 3.94. The molecule has 0 aromatic carbocycles. The van der Waals surface area contributed by atoms with Crippen molar-refractivity contribution >= 4 is 16.7 Å². The first kappa shape index (κ1) is 9.96. The molecule has 0 amide bonds. The van der Waals surface area contributed by atoms with E-state index in [1.807, 2.05) is 0 Å². The monoisotopic (exact) mass is 204 g/mol. The minimum atomic E-state index is 0.370. The quantitative estimate of drug-likeness (QED) is 0.815. The van der Waals surface area contributed by atoms with E-state index in [1.165, 1.54) is 0 Å². The summed E-state index contributed by atoms with van der Waals surface area (Å²) in [4.78, 5) is 8.59. The number of aryl methyl sites for hydroxylation is 1. The van der Waals surface area contributed by atoms with E-state index in [0.717, 1.165) is 23.3 Å². The zero-order valence-corrected chi connectivity index (χ0v) is 9.36. The molecule has 0 atom stereocenters. The lowest BCUT2D eigenvalue weighted by molar-refractivity contribution is 0.588. The van der Waals surface area contributed by atoms with E-state index in [-0.39, 0.29) is 0 Å². The van der Waals surface area contributed by atoms with Crippen LogP contribution in [0.25, 0.3) is 11.0 Å². The fourth-order valence-electron chi connectivity index (χ4n) is 1.93. The Labute approximate surface area is 89.1 Å². The highest BCUT2D eigenvalue weighted by molar-refractivity contribution is 5.86. The van der Waals surface area contributed by atoms with Crippen LogP contribution in [0.15, 0.2) is 12.4 Å². The Morgan fingerprint density at radius 3 is 2.73 bits per heavy atom. The van der Waals surface area contributed by atoms with Gasteiger partial charge in [0.2, 0.25) is 0 Å². The molecule has 0 spiro atoms. The summed E-state index contributed by atoms with van der Waals surface area (Å²) in [5.41, 5.74) is 8.54. The van der Waals surface area contributed by atoms with Gasteiger partial charge in [-0.2, -0.15) is 0 Å². The zero-order chi connectivity index (χ0) is 11.0. The Bertz CT molecular complexity index is 485. The molecule has 0 saturated heterocycles. The highest BCUT2D eigenvalue weighted by atomic mass is 15.1. The van der Waals surface area contributed by atoms with E-state index in [9.17, 15) is 0 Å². The highest BCUT2D eigenvalue weighted by Gasteiger charge is 2.13. The molecule has 2 aromatic heterocycles. The van der Waals surface area contributed by atoms with Crippen LogP contribution in [-0.2, 0) is 6.42 Å². The Morgan fingerprint density at radius 1 is 1.40 bits per heavy atom. The van der Waals surface area contributed by atoms with Crippen molar-refractivity contribution in [2.24, 2.45) is 0 Å². The van der Waals surface area contributed by atoms with Gasteiger partial charge in [-0.05, 0) is 13.8 Å². The number of nitrogens with two attached hydrogens (primary N) is 1. The molecule has 15 heavy (non-hydrogen) atoms. The van der Waals surface area contributed by atoms with Crippen molar-refractivity contribution in [3.8, 4) is 0 Å². The molecule has 0 radical (unpaired) electrons. The largest absolute Gasteiger partial charge is 0.396 e. The molecular weight excluding hydrogens is 188 g/mol. The fourth-order valence-corrected chi connectivity index (χ4v) is 1.93. The molecule has 0 bridgehead atoms. The van der Waals surface area contributed by atoms with Crippen molar-refractivity contribution in [3.05, 3.63) is 18.2 Å². The zero-order valence-electron chi connectivity index (χ0n) is 9.36. The Kier molecular flexibility index (Phi) is 2.34. The number of anilines is 1. The maximum Gasteiger partial charge on any atom is 0.109 e. The van der Waals surface area contributed by atoms with Gasteiger partial charge in [0.05, 0.1) is 23.6 Å². The van der Waals surface area contributed by atoms with Crippen LogP contribution >= 0.6 is 0 Å². The van der Waals surface area contributed by atoms with E-state index >= 15 is 0 Å². The van der Waals surface area contributed by atoms with Gasteiger partial charge in [-0.3, -0.25) is 4.98 Å². The number of aromatic nitrogens is 3. The van der Waals surface area contributed by atoms with Crippen molar-refractivity contribution in [1.29, 1.82) is 0 Å². The Balaban J connectivity index is 2.82. The molecule has 0 aliphatic heterocycles. The highest BCUT2D eigenvalue weighted by Crippen LogP contribution is 2.25. The Morgan fingerprint density at radius 2 is 2.13 bits per heavy atom. The predicted octanol–water partition coefficient (Wildman–Crippen LogP) is 2.16. The summed E-state index contributed by atoms with van der Waals surface area (Å²) in [7, 11) is 0. The molecule has 0 fully saturated rings. The molecule has 4 nitrogen and oxygen atoms in total. The van der Waals surface area contributed by atoms with Crippen molar-refractivity contribution < 1.29 is 0 Å². The summed E-state index contributed by atoms with van der Waals surface area (Å²) in [6, 6.07) is 0.370. The second-order valence-corrected chi connectivity index (χ2v) is 3.94. The van der Waals surface area contributed by atoms with Crippen LogP contribution in [0.2, 0.25) is 0 Å². The number of pyridine rings is 1. The van der Waals surface area contributed by atoms with Crippen molar-refractivity contribution in [3.63, 3.8) is 0 Å². The molecule has 2 rings (SSSR count). The van der Waals surface area contributed by atoms with Gasteiger partial charge in [-0.1, -0.05) is 6.92 Å². The van der Waals surface area contributed by atoms with Gasteiger partial charge >= 0.3 is 0 Å². The molecule has 2 heterocycles. The maximum absolute atomic E-state index is 5.94. The molecule has 0 saturated carbocycles. The maximum atomic E-state index is 5.94. The van der Waals surface area contributed by atoms with Crippen molar-refractivity contribution in [2.75, 3.05) is 5.73 Å². The van der Waals surface area contributed by atoms with E-state index in [1.54, 1.807) is 12.4 Å². The van der Waals surface area contributed by atoms with Gasteiger partial charge in [0.25, 0.3) is 0 Å². The average molecular weight is 204 g/mol. The lowest BCUT2D eigenvalue weighted by Crippen LogP contribution is -2.06. The van der Waals surface area contributed by atoms with Gasteiger partial charge in [0, 0.05) is 12.5 Å². The number of nitrogens with zero attached hydrogens (tertiary/aromatic N) is 3. The van der Waals surface area contributed by atoms with Gasteiger partial charge in [-0.15, -0.1) is 0 Å². The Hall–Kier alpha value is -1.58. The van der Waals surface area contributed by atoms with Crippen LogP contribution in [0.1, 0.15) is 32.6 Å². The summed E-state index contributed by atoms with van der Waals surface area (Å²) >= 11 is 0. The second kappa shape index (κ2) is 3.53. The third-order valence-corrected chi connectivity index (χ3v) is 2.53. The molecule has 2 N–H and O–H groups in total. The third-order valence-electron chi connectivity index (χ3n) is 2.53. The van der Waals surface area contributed by atoms with Gasteiger partial charge in [-0.25, -0.2) is 4.98 Å². The lowest BCUT2D eigenvalue weighted by Gasteiger charge is -2.12. The van der Waals surface area contributed by atoms with Gasteiger partial charge in [0.15, 0.2) is 0 Å². The third kappa shape index (κ3) is 1.46. The van der Waals surface area contributed by atoms with Gasteiger partial charge in [0.1, 0.15) is 11.3 Å². The van der Waals surface area contributed by atoms with Crippen LogP contribution < -0.4 is 5.73 Å². The summed E-state index contributed by atoms with van der Waals surface area (Å²) in [5.74, 6) is 1.07. The number of hydrogen-bond acceptors (Lipinski definition) is 3. The normalized spacial score (nSPS) is 11.5. The SMILES string of the molecule is CCc1nc2cncc(N)c2n1C(C)C. The van der Waals surface area contributed by atoms with Crippen LogP contribution in [0.5, 0.6) is 0 Å². The number of imidazole rings is 1. The lowest BCUT2D eigenvalue weighted by atomic mass is 10.3. The summed E-state index contributed by atoms with van der Waals surface area (Å²) < 4.78 is 2.19. The van der Waals surface area contributed by atoms with E-state index in [2.05, 4.69) is 35.3 Å². The van der Waals surface area contributed by atoms with E-state index < -0.39 is 0 Å². The minimum Gasteiger partial charge on any atom is -0.396 e. The van der Waals surface area contributed by atoms with Crippen LogP contribution in [-0.4, -0.2) is 14.5 Å². The topological polar surface area (TPSA) is 56.7 Å². The summed E-state index contributed by atoms with van der Waals surface area (Å²) in [6.07, 6.45) is 4.36. The molecule has 0 aliphatic carbocycles. The van der Waals surface area contributed by atoms with E-state index in [0.29, 0.717) is 11.7 Å². The number of hydrogen-bond donors (Lipinski definition) is 1. The van der Waals surface area contributed by atoms with E-state index in [4.69, 9.17) is 5.73 Å². The molecular formula is C11H16N4. The predicted molar refractivity (Wildman–Crippen MR) is 61.7 cm³/mol. The van der Waals surface area contributed by atoms with Crippen molar-refractivity contribution in [1.82, 2.24) is 14.5 Å². The van der Waals surface area contributed by atoms with Crippen LogP contribution in [0, 0.1) is 0 Å². The molecule has 0 aliphatic rings. The average Bonchev–Trinajstić information content (AvgIpc) is 2.57. The van der Waals surface area contributed by atoms with Gasteiger partial charge < -0.3 is 10.3 Å². The molecule has 2 aromatic rings. The molecule has 80 valence electrons. The summed E-state index contributed by atoms with van der Waals surface area (Å²) in [6.45, 7) is 6.38. The number of rotatable bonds is 2. The first-order valence-electron chi connectivity index (χ1n) is 5.25. The van der Waals surface area contributed by atoms with Crippen LogP contribution in [0.4, 0.5) is 5.69 Å². The molecule has 0 unspecified atom stereocenters. The standard InChI is InChI=1S/C11H16N4/c1-4-10-14-9-6-13-5-8(12)11(9)15(10)7(2)3/h5-7H,4,12H2,1-3H3.